The average Bonchev–Trinajstić information content (AvgIpc) is 2.84. The third kappa shape index (κ3) is 5.64. The second-order valence-electron chi connectivity index (χ2n) is 7.62. The van der Waals surface area contributed by atoms with E-state index >= 15 is 0 Å². The zero-order chi connectivity index (χ0) is 23.9. The topological polar surface area (TPSA) is 142 Å². The van der Waals surface area contributed by atoms with Crippen LogP contribution < -0.4 is 16.8 Å². The first kappa shape index (κ1) is 22.7. The van der Waals surface area contributed by atoms with Crippen molar-refractivity contribution in [3.63, 3.8) is 0 Å². The molecule has 0 aliphatic rings. The predicted molar refractivity (Wildman–Crippen MR) is 132 cm³/mol. The summed E-state index contributed by atoms with van der Waals surface area (Å²) in [6.45, 7) is 1.24. The number of hydrogen-bond acceptors (Lipinski definition) is 8. The molecule has 0 aliphatic heterocycles. The maximum Gasteiger partial charge on any atom is 0.269 e. The van der Waals surface area contributed by atoms with E-state index in [1.54, 1.807) is 12.1 Å². The fourth-order valence-electron chi connectivity index (χ4n) is 3.50. The highest BCUT2D eigenvalue weighted by Gasteiger charge is 2.14. The lowest BCUT2D eigenvalue weighted by atomic mass is 10.0. The van der Waals surface area contributed by atoms with Crippen molar-refractivity contribution in [2.24, 2.45) is 0 Å². The van der Waals surface area contributed by atoms with Crippen LogP contribution in [0.4, 0.5) is 23.1 Å². The molecule has 4 rings (SSSR count). The van der Waals surface area contributed by atoms with E-state index in [0.29, 0.717) is 30.2 Å². The Morgan fingerprint density at radius 3 is 2.24 bits per heavy atom. The van der Waals surface area contributed by atoms with Crippen molar-refractivity contribution in [3.05, 3.63) is 106 Å². The number of hydrogen-bond donors (Lipinski definition) is 3. The SMILES string of the molecule is Nc1nc(N)c(-c2ccc(CNc3ccc([N+](=O)[O-])cc3)cc2)c(COCc2ccccc2)n1. The number of nitro groups is 1. The van der Waals surface area contributed by atoms with Gasteiger partial charge in [-0.25, -0.2) is 4.98 Å². The first-order valence-corrected chi connectivity index (χ1v) is 10.6. The van der Waals surface area contributed by atoms with Gasteiger partial charge in [-0.05, 0) is 28.8 Å². The van der Waals surface area contributed by atoms with Crippen LogP contribution in [0.15, 0.2) is 78.9 Å². The van der Waals surface area contributed by atoms with E-state index in [1.807, 2.05) is 54.6 Å². The van der Waals surface area contributed by atoms with Gasteiger partial charge >= 0.3 is 0 Å². The summed E-state index contributed by atoms with van der Waals surface area (Å²) < 4.78 is 5.86. The molecule has 0 radical (unpaired) electrons. The standard InChI is InChI=1S/C25H24N6O3/c26-24-23(22(29-25(27)30-24)16-34-15-18-4-2-1-3-5-18)19-8-6-17(7-9-19)14-28-20-10-12-21(13-11-20)31(32)33/h1-13,28H,14-16H2,(H4,26,27,29,30). The van der Waals surface area contributed by atoms with Gasteiger partial charge in [0, 0.05) is 29.9 Å². The minimum Gasteiger partial charge on any atom is -0.383 e. The van der Waals surface area contributed by atoms with Crippen LogP contribution in [0.3, 0.4) is 0 Å². The molecule has 5 N–H and O–H groups in total. The molecule has 0 spiro atoms. The molecule has 0 saturated carbocycles. The molecule has 34 heavy (non-hydrogen) atoms. The lowest BCUT2D eigenvalue weighted by Gasteiger charge is -2.13. The van der Waals surface area contributed by atoms with Crippen LogP contribution >= 0.6 is 0 Å². The molecule has 0 amide bonds. The number of ether oxygens (including phenoxy) is 1. The normalized spacial score (nSPS) is 10.7. The molecule has 1 aromatic heterocycles. The van der Waals surface area contributed by atoms with Crippen molar-refractivity contribution in [1.29, 1.82) is 0 Å². The Labute approximate surface area is 196 Å². The molecule has 0 bridgehead atoms. The summed E-state index contributed by atoms with van der Waals surface area (Å²) in [7, 11) is 0. The molecule has 4 aromatic rings. The van der Waals surface area contributed by atoms with Crippen LogP contribution in [-0.2, 0) is 24.5 Å². The average molecular weight is 457 g/mol. The fourth-order valence-corrected chi connectivity index (χ4v) is 3.50. The van der Waals surface area contributed by atoms with Crippen molar-refractivity contribution in [1.82, 2.24) is 9.97 Å². The second-order valence-corrected chi connectivity index (χ2v) is 7.62. The summed E-state index contributed by atoms with van der Waals surface area (Å²) in [5, 5.41) is 14.0. The van der Waals surface area contributed by atoms with Gasteiger partial charge in [0.25, 0.3) is 5.69 Å². The van der Waals surface area contributed by atoms with Gasteiger partial charge in [-0.15, -0.1) is 0 Å². The van der Waals surface area contributed by atoms with E-state index < -0.39 is 4.92 Å². The highest BCUT2D eigenvalue weighted by atomic mass is 16.6. The van der Waals surface area contributed by atoms with Gasteiger partial charge in [0.1, 0.15) is 5.82 Å². The first-order valence-electron chi connectivity index (χ1n) is 10.6. The van der Waals surface area contributed by atoms with Gasteiger partial charge in [-0.3, -0.25) is 10.1 Å². The second kappa shape index (κ2) is 10.4. The number of nitrogens with one attached hydrogen (secondary N) is 1. The van der Waals surface area contributed by atoms with Gasteiger partial charge in [0.15, 0.2) is 0 Å². The van der Waals surface area contributed by atoms with Crippen LogP contribution in [0.25, 0.3) is 11.1 Å². The molecule has 172 valence electrons. The van der Waals surface area contributed by atoms with Crippen molar-refractivity contribution in [2.45, 2.75) is 19.8 Å². The smallest absolute Gasteiger partial charge is 0.269 e. The van der Waals surface area contributed by atoms with Gasteiger partial charge in [0.05, 0.1) is 23.8 Å². The van der Waals surface area contributed by atoms with Crippen molar-refractivity contribution >= 4 is 23.1 Å². The third-order valence-electron chi connectivity index (χ3n) is 5.20. The first-order chi connectivity index (χ1) is 16.5. The summed E-state index contributed by atoms with van der Waals surface area (Å²) in [5.41, 5.74) is 17.1. The third-order valence-corrected chi connectivity index (χ3v) is 5.20. The van der Waals surface area contributed by atoms with E-state index in [-0.39, 0.29) is 18.2 Å². The van der Waals surface area contributed by atoms with Crippen molar-refractivity contribution in [2.75, 3.05) is 16.8 Å². The van der Waals surface area contributed by atoms with Crippen LogP contribution in [0, 0.1) is 10.1 Å². The molecule has 1 heterocycles. The number of rotatable bonds is 9. The summed E-state index contributed by atoms with van der Waals surface area (Å²) in [5.74, 6) is 0.394. The number of non-ortho nitro benzene ring substituents is 1. The van der Waals surface area contributed by atoms with Crippen LogP contribution in [0.2, 0.25) is 0 Å². The molecule has 0 atom stereocenters. The molecule has 9 nitrogen and oxygen atoms in total. The molecule has 0 fully saturated rings. The molecule has 3 aromatic carbocycles. The maximum absolute atomic E-state index is 10.8. The Morgan fingerprint density at radius 1 is 0.853 bits per heavy atom. The summed E-state index contributed by atoms with van der Waals surface area (Å²) in [6.07, 6.45) is 0. The Hall–Kier alpha value is -4.50. The van der Waals surface area contributed by atoms with E-state index in [2.05, 4.69) is 15.3 Å². The molecule has 9 heteroatoms. The zero-order valence-corrected chi connectivity index (χ0v) is 18.3. The molecule has 0 unspecified atom stereocenters. The number of benzene rings is 3. The van der Waals surface area contributed by atoms with Crippen LogP contribution in [-0.4, -0.2) is 14.9 Å². The highest BCUT2D eigenvalue weighted by molar-refractivity contribution is 5.76. The van der Waals surface area contributed by atoms with Gasteiger partial charge in [-0.2, -0.15) is 4.98 Å². The lowest BCUT2D eigenvalue weighted by molar-refractivity contribution is -0.384. The molecule has 0 aliphatic carbocycles. The molecule has 0 saturated heterocycles. The Morgan fingerprint density at radius 2 is 1.56 bits per heavy atom. The van der Waals surface area contributed by atoms with Gasteiger partial charge < -0.3 is 21.5 Å². The number of nitrogens with two attached hydrogens (primary N) is 2. The summed E-state index contributed by atoms with van der Waals surface area (Å²) in [4.78, 5) is 18.8. The number of anilines is 3. The van der Waals surface area contributed by atoms with Crippen molar-refractivity contribution < 1.29 is 9.66 Å². The fraction of sp³-hybridized carbons (Fsp3) is 0.120. The maximum atomic E-state index is 10.8. The number of nitro benzene ring substituents is 1. The van der Waals surface area contributed by atoms with E-state index in [4.69, 9.17) is 16.2 Å². The van der Waals surface area contributed by atoms with Gasteiger partial charge in [-0.1, -0.05) is 54.6 Å². The quantitative estimate of drug-likeness (QED) is 0.246. The van der Waals surface area contributed by atoms with Crippen LogP contribution in [0.5, 0.6) is 0 Å². The molecular formula is C25H24N6O3. The van der Waals surface area contributed by atoms with Gasteiger partial charge in [0.2, 0.25) is 5.95 Å². The van der Waals surface area contributed by atoms with Crippen LogP contribution in [0.1, 0.15) is 16.8 Å². The largest absolute Gasteiger partial charge is 0.383 e. The Kier molecular flexibility index (Phi) is 6.95. The summed E-state index contributed by atoms with van der Waals surface area (Å²) >= 11 is 0. The predicted octanol–water partition coefficient (Wildman–Crippen LogP) is 4.55. The highest BCUT2D eigenvalue weighted by Crippen LogP contribution is 2.29. The Bertz CT molecular complexity index is 1260. The number of aromatic nitrogens is 2. The Balaban J connectivity index is 1.45. The van der Waals surface area contributed by atoms with Crippen molar-refractivity contribution in [3.8, 4) is 11.1 Å². The summed E-state index contributed by atoms with van der Waals surface area (Å²) in [6, 6.07) is 24.0. The monoisotopic (exact) mass is 456 g/mol. The minimum absolute atomic E-state index is 0.0572. The number of nitrogens with zero attached hydrogens (tertiary/aromatic N) is 3. The number of nitrogen functional groups attached to an aromatic ring is 2. The van der Waals surface area contributed by atoms with E-state index in [0.717, 1.165) is 22.4 Å². The van der Waals surface area contributed by atoms with E-state index in [9.17, 15) is 10.1 Å². The minimum atomic E-state index is -0.421. The van der Waals surface area contributed by atoms with E-state index in [1.165, 1.54) is 12.1 Å². The zero-order valence-electron chi connectivity index (χ0n) is 18.3. The lowest BCUT2D eigenvalue weighted by Crippen LogP contribution is -2.08. The molecular weight excluding hydrogens is 432 g/mol.